The molecule has 0 heterocycles. The lowest BCUT2D eigenvalue weighted by atomic mass is 9.91. The third kappa shape index (κ3) is 14.5. The smallest absolute Gasteiger partial charge is 0.417 e. The number of unbranched alkanes of at least 4 members (excludes halogenated alkanes) is 2. The van der Waals surface area contributed by atoms with Crippen LogP contribution >= 0.6 is 0 Å². The van der Waals surface area contributed by atoms with Gasteiger partial charge in [-0.3, -0.25) is 0 Å². The van der Waals surface area contributed by atoms with E-state index in [4.69, 9.17) is 33.2 Å². The van der Waals surface area contributed by atoms with Gasteiger partial charge in [0.05, 0.1) is 19.8 Å². The second-order valence-corrected chi connectivity index (χ2v) is 13.9. The number of aryl methyl sites for hydroxylation is 2. The number of hydrogen-bond donors (Lipinski definition) is 0. The number of carbonyl (C=O) groups is 6. The van der Waals surface area contributed by atoms with E-state index in [9.17, 15) is 28.8 Å². The molecule has 3 aromatic carbocycles. The molecule has 3 rings (SSSR count). The van der Waals surface area contributed by atoms with E-state index in [0.717, 1.165) is 41.2 Å². The van der Waals surface area contributed by atoms with Crippen LogP contribution in [0.3, 0.4) is 0 Å². The first-order valence-electron chi connectivity index (χ1n) is 19.3. The molecular weight excluding hydrogens is 748 g/mol. The Morgan fingerprint density at radius 2 is 1.05 bits per heavy atom. The minimum absolute atomic E-state index is 0.0492. The molecule has 0 atom stereocenters. The Morgan fingerprint density at radius 3 is 1.64 bits per heavy atom. The molecule has 0 saturated heterocycles. The Hall–Kier alpha value is -5.98. The van der Waals surface area contributed by atoms with Crippen molar-refractivity contribution in [2.24, 2.45) is 5.41 Å². The van der Waals surface area contributed by atoms with Gasteiger partial charge < -0.3 is 33.2 Å². The molecule has 0 aliphatic heterocycles. The number of fused-ring (bicyclic) bond motifs is 1. The van der Waals surface area contributed by atoms with E-state index in [0.29, 0.717) is 24.2 Å². The summed E-state index contributed by atoms with van der Waals surface area (Å²) < 4.78 is 37.2. The lowest BCUT2D eigenvalue weighted by Gasteiger charge is -2.32. The van der Waals surface area contributed by atoms with Gasteiger partial charge in [0.2, 0.25) is 0 Å². The van der Waals surface area contributed by atoms with Gasteiger partial charge in [0.25, 0.3) is 0 Å². The van der Waals surface area contributed by atoms with Crippen molar-refractivity contribution in [2.45, 2.75) is 73.1 Å². The van der Waals surface area contributed by atoms with Crippen LogP contribution in [0.15, 0.2) is 78.9 Å². The van der Waals surface area contributed by atoms with Crippen LogP contribution in [0.4, 0.5) is 0 Å². The second-order valence-electron chi connectivity index (χ2n) is 13.9. The molecule has 0 saturated carbocycles. The molecule has 0 amide bonds. The van der Waals surface area contributed by atoms with Crippen molar-refractivity contribution in [3.8, 4) is 16.9 Å². The van der Waals surface area contributed by atoms with Crippen molar-refractivity contribution in [1.82, 2.24) is 0 Å². The molecule has 0 N–H and O–H groups in total. The van der Waals surface area contributed by atoms with Crippen molar-refractivity contribution < 1.29 is 61.9 Å². The van der Waals surface area contributed by atoms with Crippen LogP contribution in [-0.4, -0.2) is 82.1 Å². The number of ether oxygens (including phenoxy) is 7. The largest absolute Gasteiger partial charge is 0.492 e. The van der Waals surface area contributed by atoms with Crippen molar-refractivity contribution in [2.75, 3.05) is 46.2 Å². The van der Waals surface area contributed by atoms with Gasteiger partial charge in [-0.1, -0.05) is 69.3 Å². The Labute approximate surface area is 339 Å². The van der Waals surface area contributed by atoms with E-state index in [1.165, 1.54) is 32.8 Å². The maximum atomic E-state index is 12.6. The van der Waals surface area contributed by atoms with Crippen LogP contribution in [0.5, 0.6) is 5.75 Å². The molecule has 0 aliphatic carbocycles. The highest BCUT2D eigenvalue weighted by molar-refractivity contribution is 6.30. The zero-order valence-electron chi connectivity index (χ0n) is 34.1. The fourth-order valence-corrected chi connectivity index (χ4v) is 5.61. The predicted octanol–water partition coefficient (Wildman–Crippen LogP) is 6.99. The molecule has 3 aromatic rings. The van der Waals surface area contributed by atoms with Gasteiger partial charge >= 0.3 is 35.8 Å². The van der Waals surface area contributed by atoms with E-state index >= 15 is 0 Å². The highest BCUT2D eigenvalue weighted by Gasteiger charge is 2.39. The Kier molecular flexibility index (Phi) is 18.6. The molecule has 312 valence electrons. The van der Waals surface area contributed by atoms with Crippen LogP contribution in [0.25, 0.3) is 21.9 Å². The maximum Gasteiger partial charge on any atom is 0.417 e. The van der Waals surface area contributed by atoms with E-state index < -0.39 is 67.7 Å². The third-order valence-corrected chi connectivity index (χ3v) is 8.83. The molecule has 0 bridgehead atoms. The SMILES string of the molecule is C=C(C)C(=O)OCCCc1cc(-c2ccc3cc(CCCCC)ccc3c2)ccc1OCC(COC(=O)C(=C)C)(COC(=O)C(=O)OCC)COC(=O)C(=O)OCC. The van der Waals surface area contributed by atoms with Crippen molar-refractivity contribution in [1.29, 1.82) is 0 Å². The lowest BCUT2D eigenvalue weighted by Crippen LogP contribution is -2.45. The van der Waals surface area contributed by atoms with Crippen molar-refractivity contribution in [3.05, 3.63) is 90.0 Å². The molecule has 0 unspecified atom stereocenters. The highest BCUT2D eigenvalue weighted by atomic mass is 16.6. The summed E-state index contributed by atoms with van der Waals surface area (Å²) in [5, 5.41) is 2.21. The maximum absolute atomic E-state index is 12.6. The van der Waals surface area contributed by atoms with Gasteiger partial charge in [-0.2, -0.15) is 0 Å². The predicted molar refractivity (Wildman–Crippen MR) is 216 cm³/mol. The van der Waals surface area contributed by atoms with Crippen molar-refractivity contribution >= 4 is 46.6 Å². The summed E-state index contributed by atoms with van der Waals surface area (Å²) in [4.78, 5) is 74.1. The van der Waals surface area contributed by atoms with E-state index in [1.807, 2.05) is 18.2 Å². The molecule has 0 radical (unpaired) electrons. The summed E-state index contributed by atoms with van der Waals surface area (Å²) in [6.45, 7) is 13.0. The summed E-state index contributed by atoms with van der Waals surface area (Å²) in [6, 6.07) is 18.3. The van der Waals surface area contributed by atoms with Gasteiger partial charge in [-0.25, -0.2) is 28.8 Å². The van der Waals surface area contributed by atoms with E-state index in [-0.39, 0.29) is 31.0 Å². The molecule has 0 fully saturated rings. The highest BCUT2D eigenvalue weighted by Crippen LogP contribution is 2.32. The Bertz CT molecular complexity index is 1930. The van der Waals surface area contributed by atoms with Crippen LogP contribution < -0.4 is 4.74 Å². The van der Waals surface area contributed by atoms with E-state index in [1.54, 1.807) is 13.0 Å². The van der Waals surface area contributed by atoms with Gasteiger partial charge in [-0.05, 0) is 105 Å². The Morgan fingerprint density at radius 1 is 0.534 bits per heavy atom. The minimum Gasteiger partial charge on any atom is -0.492 e. The third-order valence-electron chi connectivity index (χ3n) is 8.83. The van der Waals surface area contributed by atoms with Gasteiger partial charge in [0.1, 0.15) is 37.6 Å². The average molecular weight is 803 g/mol. The van der Waals surface area contributed by atoms with Gasteiger partial charge in [-0.15, -0.1) is 0 Å². The molecule has 0 aliphatic rings. The number of rotatable bonds is 22. The molecule has 58 heavy (non-hydrogen) atoms. The zero-order valence-corrected chi connectivity index (χ0v) is 34.1. The monoisotopic (exact) mass is 802 g/mol. The summed E-state index contributed by atoms with van der Waals surface area (Å²) in [5.41, 5.74) is 2.47. The first-order chi connectivity index (χ1) is 27.7. The standard InChI is InChI=1S/C45H54O13/c1-8-11-12-14-32-16-17-34-24-35(19-18-33(34)23-32)36-20-21-38(37(25-36)15-13-22-54-39(46)30(4)5)55-26-45(27-56-40(47)31(6)7,28-57-43(50)41(48)52-9-2)29-58-44(51)42(49)53-10-3/h16-21,23-25H,4,6,8-15,22,26-29H2,1-3,5,7H3. The van der Waals surface area contributed by atoms with Gasteiger partial charge in [0.15, 0.2) is 0 Å². The number of carbonyl (C=O) groups excluding carboxylic acids is 6. The summed E-state index contributed by atoms with van der Waals surface area (Å²) in [6.07, 6.45) is 5.30. The van der Waals surface area contributed by atoms with Gasteiger partial charge in [0, 0.05) is 11.1 Å². The van der Waals surface area contributed by atoms with Crippen LogP contribution in [0.1, 0.15) is 71.4 Å². The van der Waals surface area contributed by atoms with E-state index in [2.05, 4.69) is 50.4 Å². The lowest BCUT2D eigenvalue weighted by molar-refractivity contribution is -0.178. The number of hydrogen-bond acceptors (Lipinski definition) is 13. The fourth-order valence-electron chi connectivity index (χ4n) is 5.61. The normalized spacial score (nSPS) is 10.9. The topological polar surface area (TPSA) is 167 Å². The van der Waals surface area contributed by atoms with Crippen LogP contribution in [0, 0.1) is 5.41 Å². The summed E-state index contributed by atoms with van der Waals surface area (Å²) >= 11 is 0. The molecule has 0 spiro atoms. The molecule has 13 nitrogen and oxygen atoms in total. The number of benzene rings is 3. The zero-order chi connectivity index (χ0) is 42.7. The molecule has 0 aromatic heterocycles. The van der Waals surface area contributed by atoms with Crippen LogP contribution in [-0.2, 0) is 70.0 Å². The molecule has 13 heteroatoms. The first-order valence-corrected chi connectivity index (χ1v) is 19.3. The Balaban J connectivity index is 2.02. The summed E-state index contributed by atoms with van der Waals surface area (Å²) in [7, 11) is 0. The summed E-state index contributed by atoms with van der Waals surface area (Å²) in [5.74, 6) is -6.22. The quantitative estimate of drug-likeness (QED) is 0.0336. The van der Waals surface area contributed by atoms with Crippen molar-refractivity contribution in [3.63, 3.8) is 0 Å². The fraction of sp³-hybridized carbons (Fsp3) is 0.422. The minimum atomic E-state index is -1.67. The number of esters is 6. The van der Waals surface area contributed by atoms with Crippen LogP contribution in [0.2, 0.25) is 0 Å². The molecular formula is C45H54O13. The average Bonchev–Trinajstić information content (AvgIpc) is 3.21. The first kappa shape index (κ1) is 46.4. The second kappa shape index (κ2) is 23.3.